The van der Waals surface area contributed by atoms with Gasteiger partial charge in [-0.15, -0.1) is 0 Å². The van der Waals surface area contributed by atoms with E-state index in [0.29, 0.717) is 33.9 Å². The maximum absolute atomic E-state index is 13.4. The quantitative estimate of drug-likeness (QED) is 0.409. The maximum atomic E-state index is 13.4. The number of benzene rings is 3. The van der Waals surface area contributed by atoms with Gasteiger partial charge in [-0.2, -0.15) is 0 Å². The molecular formula is C24H19FN2O5S. The molecule has 0 aliphatic carbocycles. The van der Waals surface area contributed by atoms with Gasteiger partial charge in [-0.05, 0) is 42.0 Å². The van der Waals surface area contributed by atoms with Gasteiger partial charge in [-0.1, -0.05) is 18.2 Å². The third-order valence-corrected chi connectivity index (χ3v) is 5.61. The van der Waals surface area contributed by atoms with E-state index in [1.165, 1.54) is 37.4 Å². The summed E-state index contributed by atoms with van der Waals surface area (Å²) in [6.45, 7) is 0. The average molecular weight is 466 g/mol. The van der Waals surface area contributed by atoms with Crippen LogP contribution in [0.2, 0.25) is 0 Å². The predicted molar refractivity (Wildman–Crippen MR) is 124 cm³/mol. The molecule has 0 atom stereocenters. The molecule has 9 heteroatoms. The van der Waals surface area contributed by atoms with E-state index in [-0.39, 0.29) is 22.6 Å². The smallest absolute Gasteiger partial charge is 0.255 e. The lowest BCUT2D eigenvalue weighted by Crippen LogP contribution is -2.18. The summed E-state index contributed by atoms with van der Waals surface area (Å²) in [5.41, 5.74) is 2.60. The number of carbonyl (C=O) groups excluding carboxylic acids is 2. The molecule has 0 radical (unpaired) electrons. The van der Waals surface area contributed by atoms with Gasteiger partial charge in [0.25, 0.3) is 5.91 Å². The van der Waals surface area contributed by atoms with Crippen molar-refractivity contribution in [1.29, 1.82) is 0 Å². The molecule has 1 aromatic heterocycles. The zero-order valence-electron chi connectivity index (χ0n) is 17.7. The molecular weight excluding hydrogens is 447 g/mol. The van der Waals surface area contributed by atoms with E-state index in [0.717, 1.165) is 6.26 Å². The normalized spacial score (nSPS) is 11.4. The monoisotopic (exact) mass is 466 g/mol. The van der Waals surface area contributed by atoms with Gasteiger partial charge >= 0.3 is 0 Å². The topological polar surface area (TPSA) is 105 Å². The van der Waals surface area contributed by atoms with Crippen LogP contribution in [0.5, 0.6) is 0 Å². The van der Waals surface area contributed by atoms with Crippen LogP contribution < -0.4 is 10.0 Å². The summed E-state index contributed by atoms with van der Waals surface area (Å²) in [7, 11) is -2.18. The van der Waals surface area contributed by atoms with Gasteiger partial charge in [0.15, 0.2) is 0 Å². The van der Waals surface area contributed by atoms with E-state index in [1.54, 1.807) is 30.3 Å². The van der Waals surface area contributed by atoms with Gasteiger partial charge in [0.1, 0.15) is 23.4 Å². The SMILES string of the molecule is CNC(=O)c1c(-c2ccc(F)cc2)oc2cc(NS(C)(=O)=O)c(-c3cccc(C=O)c3)cc12. The molecule has 0 fully saturated rings. The number of carbonyl (C=O) groups is 2. The standard InChI is InChI=1S/C24H19FN2O5S/c1-26-24(29)22-19-11-18(16-5-3-4-14(10-16)13-28)20(27-33(2,30)31)12-21(19)32-23(22)15-6-8-17(25)9-7-15/h3-13,27H,1-2H3,(H,26,29). The molecule has 7 nitrogen and oxygen atoms in total. The Balaban J connectivity index is 2.05. The van der Waals surface area contributed by atoms with E-state index in [4.69, 9.17) is 4.42 Å². The van der Waals surface area contributed by atoms with Gasteiger partial charge in [-0.3, -0.25) is 14.3 Å². The molecule has 0 saturated heterocycles. The molecule has 0 spiro atoms. The van der Waals surface area contributed by atoms with E-state index in [1.807, 2.05) is 0 Å². The highest BCUT2D eigenvalue weighted by Gasteiger charge is 2.24. The lowest BCUT2D eigenvalue weighted by Gasteiger charge is -2.12. The summed E-state index contributed by atoms with van der Waals surface area (Å²) in [4.78, 5) is 24.1. The van der Waals surface area contributed by atoms with Gasteiger partial charge in [0.2, 0.25) is 10.0 Å². The summed E-state index contributed by atoms with van der Waals surface area (Å²) < 4.78 is 45.9. The second-order valence-electron chi connectivity index (χ2n) is 7.40. The maximum Gasteiger partial charge on any atom is 0.255 e. The van der Waals surface area contributed by atoms with Crippen LogP contribution in [-0.4, -0.2) is 33.9 Å². The van der Waals surface area contributed by atoms with Crippen molar-refractivity contribution < 1.29 is 26.8 Å². The van der Waals surface area contributed by atoms with Crippen molar-refractivity contribution in [3.63, 3.8) is 0 Å². The zero-order valence-corrected chi connectivity index (χ0v) is 18.5. The first-order valence-corrected chi connectivity index (χ1v) is 11.7. The number of aldehydes is 1. The summed E-state index contributed by atoms with van der Waals surface area (Å²) in [6, 6.07) is 15.2. The Hall–Kier alpha value is -3.98. The predicted octanol–water partition coefficient (Wildman–Crippen LogP) is 4.45. The number of amides is 1. The van der Waals surface area contributed by atoms with Crippen molar-refractivity contribution in [2.75, 3.05) is 18.0 Å². The molecule has 0 unspecified atom stereocenters. The number of fused-ring (bicyclic) bond motifs is 1. The van der Waals surface area contributed by atoms with Crippen LogP contribution in [0.4, 0.5) is 10.1 Å². The number of sulfonamides is 1. The Morgan fingerprint density at radius 3 is 2.39 bits per heavy atom. The molecule has 33 heavy (non-hydrogen) atoms. The summed E-state index contributed by atoms with van der Waals surface area (Å²) in [5.74, 6) is -0.647. The van der Waals surface area contributed by atoms with E-state index in [2.05, 4.69) is 10.0 Å². The molecule has 4 aromatic rings. The van der Waals surface area contributed by atoms with Crippen LogP contribution in [0.25, 0.3) is 33.4 Å². The Kier molecular flexibility index (Phi) is 5.73. The fourth-order valence-corrected chi connectivity index (χ4v) is 4.17. The number of halogens is 1. The minimum Gasteiger partial charge on any atom is -0.455 e. The largest absolute Gasteiger partial charge is 0.455 e. The first-order valence-electron chi connectivity index (χ1n) is 9.82. The average Bonchev–Trinajstić information content (AvgIpc) is 3.15. The molecule has 0 bridgehead atoms. The van der Waals surface area contributed by atoms with Crippen molar-refractivity contribution in [2.24, 2.45) is 0 Å². The highest BCUT2D eigenvalue weighted by atomic mass is 32.2. The van der Waals surface area contributed by atoms with E-state index < -0.39 is 21.7 Å². The summed E-state index contributed by atoms with van der Waals surface area (Å²) in [6.07, 6.45) is 1.71. The van der Waals surface area contributed by atoms with Crippen molar-refractivity contribution in [1.82, 2.24) is 5.32 Å². The van der Waals surface area contributed by atoms with Crippen LogP contribution in [0.15, 0.2) is 65.1 Å². The molecule has 1 amide bonds. The molecule has 0 saturated carbocycles. The van der Waals surface area contributed by atoms with Crippen LogP contribution in [0.3, 0.4) is 0 Å². The Morgan fingerprint density at radius 2 is 1.76 bits per heavy atom. The third-order valence-electron chi connectivity index (χ3n) is 5.02. The van der Waals surface area contributed by atoms with Crippen LogP contribution in [0, 0.1) is 5.82 Å². The Morgan fingerprint density at radius 1 is 1.03 bits per heavy atom. The number of anilines is 1. The van der Waals surface area contributed by atoms with Gasteiger partial charge in [0.05, 0.1) is 17.5 Å². The Labute approximate surface area is 189 Å². The minimum absolute atomic E-state index is 0.216. The van der Waals surface area contributed by atoms with Crippen LogP contribution in [0.1, 0.15) is 20.7 Å². The fourth-order valence-electron chi connectivity index (χ4n) is 3.60. The van der Waals surface area contributed by atoms with Crippen LogP contribution in [-0.2, 0) is 10.0 Å². The van der Waals surface area contributed by atoms with Crippen molar-refractivity contribution >= 4 is 38.9 Å². The van der Waals surface area contributed by atoms with Crippen LogP contribution >= 0.6 is 0 Å². The van der Waals surface area contributed by atoms with Crippen molar-refractivity contribution in [3.8, 4) is 22.5 Å². The van der Waals surface area contributed by atoms with Crippen molar-refractivity contribution in [3.05, 3.63) is 77.6 Å². The number of hydrogen-bond donors (Lipinski definition) is 2. The fraction of sp³-hybridized carbons (Fsp3) is 0.0833. The number of furan rings is 1. The number of hydrogen-bond acceptors (Lipinski definition) is 5. The Bertz CT molecular complexity index is 1490. The number of nitrogens with one attached hydrogen (secondary N) is 2. The first-order chi connectivity index (χ1) is 15.7. The molecule has 4 rings (SSSR count). The first kappa shape index (κ1) is 22.2. The molecule has 3 aromatic carbocycles. The highest BCUT2D eigenvalue weighted by molar-refractivity contribution is 7.92. The summed E-state index contributed by atoms with van der Waals surface area (Å²) in [5, 5.41) is 3.01. The second kappa shape index (κ2) is 8.51. The highest BCUT2D eigenvalue weighted by Crippen LogP contribution is 2.40. The molecule has 0 aliphatic rings. The second-order valence-corrected chi connectivity index (χ2v) is 9.15. The van der Waals surface area contributed by atoms with Gasteiger partial charge < -0.3 is 9.73 Å². The van der Waals surface area contributed by atoms with E-state index >= 15 is 0 Å². The number of rotatable bonds is 6. The minimum atomic E-state index is -3.66. The zero-order chi connectivity index (χ0) is 23.8. The lowest BCUT2D eigenvalue weighted by atomic mass is 9.98. The third kappa shape index (κ3) is 4.49. The molecule has 0 aliphatic heterocycles. The summed E-state index contributed by atoms with van der Waals surface area (Å²) >= 11 is 0. The van der Waals surface area contributed by atoms with Gasteiger partial charge in [0, 0.05) is 35.2 Å². The molecule has 2 N–H and O–H groups in total. The lowest BCUT2D eigenvalue weighted by molar-refractivity contribution is 0.0964. The molecule has 1 heterocycles. The van der Waals surface area contributed by atoms with Gasteiger partial charge in [-0.25, -0.2) is 12.8 Å². The van der Waals surface area contributed by atoms with Crippen molar-refractivity contribution in [2.45, 2.75) is 0 Å². The molecule has 168 valence electrons. The van der Waals surface area contributed by atoms with E-state index in [9.17, 15) is 22.4 Å².